The lowest BCUT2D eigenvalue weighted by molar-refractivity contribution is -0.137. The van der Waals surface area contributed by atoms with Crippen molar-refractivity contribution in [3.05, 3.63) is 65.1 Å². The van der Waals surface area contributed by atoms with Crippen LogP contribution >= 0.6 is 11.8 Å². The van der Waals surface area contributed by atoms with E-state index in [1.165, 1.54) is 0 Å². The lowest BCUT2D eigenvalue weighted by atomic mass is 10.1. The number of amidine groups is 1. The molecule has 28 heavy (non-hydrogen) atoms. The Balaban J connectivity index is 1.50. The number of nitrogens with zero attached hydrogens (tertiary/aromatic N) is 2. The van der Waals surface area contributed by atoms with Crippen LogP contribution in [0.4, 0.5) is 18.9 Å². The first kappa shape index (κ1) is 18.9. The number of hydrogen-bond acceptors (Lipinski definition) is 5. The number of rotatable bonds is 4. The van der Waals surface area contributed by atoms with Crippen molar-refractivity contribution in [3.8, 4) is 0 Å². The molecule has 0 unspecified atom stereocenters. The van der Waals surface area contributed by atoms with Crippen molar-refractivity contribution < 1.29 is 21.6 Å². The summed E-state index contributed by atoms with van der Waals surface area (Å²) in [4.78, 5) is 6.25. The summed E-state index contributed by atoms with van der Waals surface area (Å²) in [7, 11) is -3.99. The molecule has 146 valence electrons. The summed E-state index contributed by atoms with van der Waals surface area (Å²) in [6.45, 7) is 1.57. The van der Waals surface area contributed by atoms with Gasteiger partial charge in [-0.05, 0) is 42.0 Å². The molecule has 10 heteroatoms. The largest absolute Gasteiger partial charge is 0.416 e. The quantitative estimate of drug-likeness (QED) is 0.797. The molecule has 4 rings (SSSR count). The number of hydrogen-bond donors (Lipinski definition) is 1. The molecule has 2 aliphatic rings. The SMILES string of the molecule is O=S(=O)(Nc1ccc(C2=CSC3=NCCN23)cc1)c1ccc(C(F)(F)F)cc1. The molecule has 2 aromatic rings. The van der Waals surface area contributed by atoms with Gasteiger partial charge in [-0.1, -0.05) is 23.9 Å². The van der Waals surface area contributed by atoms with E-state index >= 15 is 0 Å². The minimum atomic E-state index is -4.52. The molecule has 2 aromatic carbocycles. The second-order valence-corrected chi connectivity index (χ2v) is 8.66. The van der Waals surface area contributed by atoms with Crippen LogP contribution in [0.3, 0.4) is 0 Å². The van der Waals surface area contributed by atoms with Crippen molar-refractivity contribution in [2.45, 2.75) is 11.1 Å². The minimum Gasteiger partial charge on any atom is -0.318 e. The number of halogens is 3. The fraction of sp³-hybridized carbons (Fsp3) is 0.167. The fourth-order valence-corrected chi connectivity index (χ4v) is 4.91. The van der Waals surface area contributed by atoms with Crippen LogP contribution in [0.1, 0.15) is 11.1 Å². The summed E-state index contributed by atoms with van der Waals surface area (Å²) >= 11 is 1.55. The van der Waals surface area contributed by atoms with E-state index < -0.39 is 21.8 Å². The van der Waals surface area contributed by atoms with Gasteiger partial charge in [0.25, 0.3) is 10.0 Å². The summed E-state index contributed by atoms with van der Waals surface area (Å²) in [6.07, 6.45) is -4.52. The van der Waals surface area contributed by atoms with Crippen molar-refractivity contribution in [1.29, 1.82) is 0 Å². The van der Waals surface area contributed by atoms with Crippen molar-refractivity contribution in [1.82, 2.24) is 4.90 Å². The summed E-state index contributed by atoms with van der Waals surface area (Å²) in [5.41, 5.74) is 1.36. The number of thioether (sulfide) groups is 1. The maximum absolute atomic E-state index is 12.6. The molecule has 0 spiro atoms. The molecular formula is C18H14F3N3O2S2. The number of aliphatic imine (C=N–C) groups is 1. The molecule has 0 aromatic heterocycles. The Hall–Kier alpha value is -2.46. The zero-order chi connectivity index (χ0) is 19.9. The predicted molar refractivity (Wildman–Crippen MR) is 103 cm³/mol. The van der Waals surface area contributed by atoms with Gasteiger partial charge in [0, 0.05) is 17.6 Å². The van der Waals surface area contributed by atoms with Crippen LogP contribution in [-0.2, 0) is 16.2 Å². The molecule has 0 radical (unpaired) electrons. The molecular weight excluding hydrogens is 411 g/mol. The minimum absolute atomic E-state index is 0.239. The van der Waals surface area contributed by atoms with Crippen molar-refractivity contribution in [3.63, 3.8) is 0 Å². The molecule has 2 aliphatic heterocycles. The highest BCUT2D eigenvalue weighted by molar-refractivity contribution is 8.16. The van der Waals surface area contributed by atoms with Crippen molar-refractivity contribution in [2.75, 3.05) is 17.8 Å². The monoisotopic (exact) mass is 425 g/mol. The van der Waals surface area contributed by atoms with Crippen LogP contribution in [0.5, 0.6) is 0 Å². The van der Waals surface area contributed by atoms with Crippen LogP contribution in [0.2, 0.25) is 0 Å². The Morgan fingerprint density at radius 2 is 1.71 bits per heavy atom. The Morgan fingerprint density at radius 3 is 2.36 bits per heavy atom. The maximum atomic E-state index is 12.6. The molecule has 0 saturated carbocycles. The number of fused-ring (bicyclic) bond motifs is 1. The van der Waals surface area contributed by atoms with Crippen LogP contribution < -0.4 is 4.72 Å². The molecule has 0 fully saturated rings. The van der Waals surface area contributed by atoms with Gasteiger partial charge in [-0.2, -0.15) is 13.2 Å². The van der Waals surface area contributed by atoms with Crippen LogP contribution in [-0.4, -0.2) is 31.6 Å². The molecule has 0 amide bonds. The number of benzene rings is 2. The van der Waals surface area contributed by atoms with E-state index in [0.29, 0.717) is 5.69 Å². The molecule has 0 bridgehead atoms. The third-order valence-electron chi connectivity index (χ3n) is 4.29. The van der Waals surface area contributed by atoms with Crippen molar-refractivity contribution >= 4 is 38.3 Å². The summed E-state index contributed by atoms with van der Waals surface area (Å²) in [6, 6.07) is 10.2. The van der Waals surface area contributed by atoms with E-state index in [2.05, 4.69) is 14.6 Å². The van der Waals surface area contributed by atoms with E-state index in [9.17, 15) is 21.6 Å². The van der Waals surface area contributed by atoms with Crippen LogP contribution in [0.15, 0.2) is 63.8 Å². The third kappa shape index (κ3) is 3.61. The third-order valence-corrected chi connectivity index (χ3v) is 6.59. The first-order chi connectivity index (χ1) is 13.2. The molecule has 0 aliphatic carbocycles. The van der Waals surface area contributed by atoms with Gasteiger partial charge < -0.3 is 4.90 Å². The molecule has 0 atom stereocenters. The highest BCUT2D eigenvalue weighted by atomic mass is 32.2. The van der Waals surface area contributed by atoms with Gasteiger partial charge in [-0.15, -0.1) is 0 Å². The highest BCUT2D eigenvalue weighted by Crippen LogP contribution is 2.35. The zero-order valence-corrected chi connectivity index (χ0v) is 15.9. The summed E-state index contributed by atoms with van der Waals surface area (Å²) < 4.78 is 65.1. The average Bonchev–Trinajstić information content (AvgIpc) is 3.25. The first-order valence-electron chi connectivity index (χ1n) is 8.23. The Labute approximate surface area is 164 Å². The standard InChI is InChI=1S/C18H14F3N3O2S2/c19-18(20,21)13-3-7-15(8-4-13)28(25,26)23-14-5-1-12(2-6-14)16-11-27-17-22-9-10-24(16)17/h1-8,11,23H,9-10H2. The van der Waals surface area contributed by atoms with E-state index in [1.807, 2.05) is 5.41 Å². The fourth-order valence-electron chi connectivity index (χ4n) is 2.89. The van der Waals surface area contributed by atoms with Gasteiger partial charge in [0.15, 0.2) is 5.17 Å². The summed E-state index contributed by atoms with van der Waals surface area (Å²) in [5, 5.41) is 2.96. The Morgan fingerprint density at radius 1 is 1.04 bits per heavy atom. The van der Waals surface area contributed by atoms with E-state index in [-0.39, 0.29) is 4.90 Å². The second kappa shape index (κ2) is 6.85. The van der Waals surface area contributed by atoms with Gasteiger partial charge in [0.1, 0.15) is 0 Å². The lowest BCUT2D eigenvalue weighted by Crippen LogP contribution is -2.19. The van der Waals surface area contributed by atoms with E-state index in [4.69, 9.17) is 0 Å². The highest BCUT2D eigenvalue weighted by Gasteiger charge is 2.31. The van der Waals surface area contributed by atoms with Crippen LogP contribution in [0.25, 0.3) is 5.70 Å². The second-order valence-electron chi connectivity index (χ2n) is 6.14. The maximum Gasteiger partial charge on any atom is 0.416 e. The van der Waals surface area contributed by atoms with Crippen LogP contribution in [0, 0.1) is 0 Å². The molecule has 1 N–H and O–H groups in total. The van der Waals surface area contributed by atoms with Gasteiger partial charge in [-0.3, -0.25) is 9.71 Å². The zero-order valence-electron chi connectivity index (χ0n) is 14.3. The lowest BCUT2D eigenvalue weighted by Gasteiger charge is -2.17. The topological polar surface area (TPSA) is 61.8 Å². The molecule has 5 nitrogen and oxygen atoms in total. The number of alkyl halides is 3. The normalized spacial score (nSPS) is 16.6. The average molecular weight is 425 g/mol. The van der Waals surface area contributed by atoms with Gasteiger partial charge in [0.05, 0.1) is 22.7 Å². The molecule has 0 saturated heterocycles. The van der Waals surface area contributed by atoms with Gasteiger partial charge >= 0.3 is 6.18 Å². The number of nitrogens with one attached hydrogen (secondary N) is 1. The molecule has 2 heterocycles. The Kier molecular flexibility index (Phi) is 4.62. The Bertz CT molecular complexity index is 1060. The van der Waals surface area contributed by atoms with Crippen molar-refractivity contribution in [2.24, 2.45) is 4.99 Å². The van der Waals surface area contributed by atoms with Gasteiger partial charge in [0.2, 0.25) is 0 Å². The van der Waals surface area contributed by atoms with E-state index in [1.54, 1.807) is 36.0 Å². The number of sulfonamides is 1. The summed E-state index contributed by atoms with van der Waals surface area (Å²) in [5.74, 6) is 0. The van der Waals surface area contributed by atoms with Gasteiger partial charge in [-0.25, -0.2) is 8.42 Å². The van der Waals surface area contributed by atoms with E-state index in [0.717, 1.165) is 53.8 Å². The number of anilines is 1. The smallest absolute Gasteiger partial charge is 0.318 e. The predicted octanol–water partition coefficient (Wildman–Crippen LogP) is 4.22. The first-order valence-corrected chi connectivity index (χ1v) is 10.6.